The molecule has 0 atom stereocenters. The molecular formula is C13H16N3O2P. The number of anilines is 1. The Morgan fingerprint density at radius 3 is 2.00 bits per heavy atom. The summed E-state index contributed by atoms with van der Waals surface area (Å²) in [6.45, 7) is 0. The van der Waals surface area contributed by atoms with Crippen molar-refractivity contribution in [1.29, 1.82) is 0 Å². The second kappa shape index (κ2) is 5.45. The summed E-state index contributed by atoms with van der Waals surface area (Å²) in [4.78, 5) is 0. The lowest BCUT2D eigenvalue weighted by molar-refractivity contribution is 0.482. The second-order valence-corrected chi connectivity index (χ2v) is 6.05. The van der Waals surface area contributed by atoms with Crippen molar-refractivity contribution in [2.45, 2.75) is 0 Å². The van der Waals surface area contributed by atoms with E-state index >= 15 is 0 Å². The van der Waals surface area contributed by atoms with Crippen LogP contribution >= 0.6 is 7.59 Å². The Kier molecular flexibility index (Phi) is 3.90. The molecule has 0 unspecified atom stereocenters. The molecule has 2 rings (SSSR count). The van der Waals surface area contributed by atoms with Crippen molar-refractivity contribution < 1.29 is 9.30 Å². The molecule has 2 aromatic rings. The third-order valence-corrected chi connectivity index (χ3v) is 3.83. The van der Waals surface area contributed by atoms with Crippen LogP contribution in [0.2, 0.25) is 0 Å². The minimum Gasteiger partial charge on any atom is -0.457 e. The number of benzene rings is 2. The molecule has 0 bridgehead atoms. The van der Waals surface area contributed by atoms with Gasteiger partial charge in [0.05, 0.1) is 0 Å². The van der Waals surface area contributed by atoms with E-state index in [9.17, 15) is 4.57 Å². The molecule has 4 N–H and O–H groups in total. The average Bonchev–Trinajstić information content (AvgIpc) is 2.39. The minimum absolute atomic E-state index is 0.675. The van der Waals surface area contributed by atoms with E-state index in [1.807, 2.05) is 30.3 Å². The van der Waals surface area contributed by atoms with Gasteiger partial charge in [0.15, 0.2) is 0 Å². The van der Waals surface area contributed by atoms with Crippen LogP contribution in [0.5, 0.6) is 11.5 Å². The highest BCUT2D eigenvalue weighted by atomic mass is 31.2. The highest BCUT2D eigenvalue weighted by Gasteiger charge is 2.16. The van der Waals surface area contributed by atoms with E-state index in [1.54, 1.807) is 31.3 Å². The monoisotopic (exact) mass is 277 g/mol. The minimum atomic E-state index is -3.27. The van der Waals surface area contributed by atoms with Crippen LogP contribution in [-0.2, 0) is 4.57 Å². The number of para-hydroxylation sites is 1. The molecule has 0 amide bonds. The number of nitrogens with zero attached hydrogens (tertiary/aromatic N) is 1. The number of hydrogen-bond donors (Lipinski definition) is 2. The molecule has 2 aromatic carbocycles. The van der Waals surface area contributed by atoms with Crippen molar-refractivity contribution in [1.82, 2.24) is 0 Å². The van der Waals surface area contributed by atoms with Gasteiger partial charge in [-0.15, -0.1) is 0 Å². The van der Waals surface area contributed by atoms with Gasteiger partial charge >= 0.3 is 0 Å². The lowest BCUT2D eigenvalue weighted by Crippen LogP contribution is -2.24. The maximum Gasteiger partial charge on any atom is 0.300 e. The van der Waals surface area contributed by atoms with Crippen molar-refractivity contribution in [2.24, 2.45) is 11.0 Å². The first-order chi connectivity index (χ1) is 8.97. The van der Waals surface area contributed by atoms with Gasteiger partial charge in [-0.25, -0.2) is 0 Å². The van der Waals surface area contributed by atoms with Crippen LogP contribution in [0.25, 0.3) is 0 Å². The first-order valence-electron chi connectivity index (χ1n) is 5.71. The lowest BCUT2D eigenvalue weighted by atomic mass is 10.3. The van der Waals surface area contributed by atoms with Crippen LogP contribution in [-0.4, -0.2) is 7.05 Å². The Morgan fingerprint density at radius 1 is 0.947 bits per heavy atom. The van der Waals surface area contributed by atoms with E-state index in [0.29, 0.717) is 11.4 Å². The normalized spacial score (nSPS) is 11.1. The maximum atomic E-state index is 11.5. The van der Waals surface area contributed by atoms with E-state index in [1.165, 1.54) is 4.67 Å². The second-order valence-electron chi connectivity index (χ2n) is 4.11. The molecule has 0 aliphatic heterocycles. The summed E-state index contributed by atoms with van der Waals surface area (Å²) >= 11 is 0. The van der Waals surface area contributed by atoms with Crippen LogP contribution in [0.4, 0.5) is 5.69 Å². The molecular weight excluding hydrogens is 261 g/mol. The number of ether oxygens (including phenoxy) is 1. The summed E-state index contributed by atoms with van der Waals surface area (Å²) in [6, 6.07) is 16.5. The van der Waals surface area contributed by atoms with Crippen molar-refractivity contribution >= 4 is 13.3 Å². The van der Waals surface area contributed by atoms with Gasteiger partial charge in [-0.2, -0.15) is 0 Å². The SMILES string of the molecule is CN(c1ccc(Oc2ccccc2)cc1)P(N)(N)=O. The standard InChI is InChI=1S/C13H16N3O2P/c1-16(19(14,15)17)11-7-9-13(10-8-11)18-12-5-3-2-4-6-12/h2-10H,1H3,(H4,14,15,17). The van der Waals surface area contributed by atoms with Crippen LogP contribution in [0.3, 0.4) is 0 Å². The molecule has 0 fully saturated rings. The lowest BCUT2D eigenvalue weighted by Gasteiger charge is -2.22. The summed E-state index contributed by atoms with van der Waals surface area (Å²) in [5.74, 6) is 1.44. The smallest absolute Gasteiger partial charge is 0.300 e. The Hall–Kier alpha value is -1.81. The Bertz CT molecular complexity index is 581. The largest absolute Gasteiger partial charge is 0.457 e. The van der Waals surface area contributed by atoms with Gasteiger partial charge in [0.25, 0.3) is 7.59 Å². The molecule has 6 heteroatoms. The fourth-order valence-corrected chi connectivity index (χ4v) is 2.03. The molecule has 0 aliphatic rings. The van der Waals surface area contributed by atoms with Crippen molar-refractivity contribution in [3.05, 3.63) is 54.6 Å². The van der Waals surface area contributed by atoms with Crippen LogP contribution in [0.1, 0.15) is 0 Å². The molecule has 0 heterocycles. The zero-order valence-corrected chi connectivity index (χ0v) is 11.5. The van der Waals surface area contributed by atoms with Gasteiger partial charge < -0.3 is 9.41 Å². The summed E-state index contributed by atoms with van der Waals surface area (Å²) < 4.78 is 18.6. The average molecular weight is 277 g/mol. The zero-order valence-electron chi connectivity index (χ0n) is 10.6. The van der Waals surface area contributed by atoms with E-state index in [2.05, 4.69) is 0 Å². The summed E-state index contributed by atoms with van der Waals surface area (Å²) in [5.41, 5.74) is 11.5. The number of hydrogen-bond acceptors (Lipinski definition) is 2. The molecule has 0 aromatic heterocycles. The summed E-state index contributed by atoms with van der Waals surface area (Å²) in [6.07, 6.45) is 0. The molecule has 0 spiro atoms. The molecule has 0 saturated heterocycles. The van der Waals surface area contributed by atoms with Gasteiger partial charge in [0.2, 0.25) is 0 Å². The van der Waals surface area contributed by atoms with Gasteiger partial charge in [0, 0.05) is 12.7 Å². The van der Waals surface area contributed by atoms with Gasteiger partial charge in [0.1, 0.15) is 11.5 Å². The van der Waals surface area contributed by atoms with Crippen molar-refractivity contribution in [3.63, 3.8) is 0 Å². The first kappa shape index (κ1) is 13.6. The van der Waals surface area contributed by atoms with Crippen molar-refractivity contribution in [3.8, 4) is 11.5 Å². The van der Waals surface area contributed by atoms with E-state index in [0.717, 1.165) is 5.75 Å². The quantitative estimate of drug-likeness (QED) is 0.840. The van der Waals surface area contributed by atoms with E-state index < -0.39 is 7.59 Å². The maximum absolute atomic E-state index is 11.5. The molecule has 5 nitrogen and oxygen atoms in total. The fourth-order valence-electron chi connectivity index (χ4n) is 1.54. The molecule has 0 radical (unpaired) electrons. The highest BCUT2D eigenvalue weighted by molar-refractivity contribution is 7.60. The topological polar surface area (TPSA) is 81.6 Å². The van der Waals surface area contributed by atoms with Gasteiger partial charge in [-0.05, 0) is 36.4 Å². The third kappa shape index (κ3) is 3.58. The van der Waals surface area contributed by atoms with Crippen LogP contribution in [0.15, 0.2) is 54.6 Å². The van der Waals surface area contributed by atoms with E-state index in [-0.39, 0.29) is 0 Å². The fraction of sp³-hybridized carbons (Fsp3) is 0.0769. The van der Waals surface area contributed by atoms with Crippen molar-refractivity contribution in [2.75, 3.05) is 11.7 Å². The summed E-state index contributed by atoms with van der Waals surface area (Å²) in [5, 5.41) is 0. The van der Waals surface area contributed by atoms with Gasteiger partial charge in [-0.3, -0.25) is 15.6 Å². The predicted molar refractivity (Wildman–Crippen MR) is 77.3 cm³/mol. The molecule has 19 heavy (non-hydrogen) atoms. The van der Waals surface area contributed by atoms with Crippen LogP contribution < -0.4 is 20.4 Å². The Labute approximate surface area is 112 Å². The highest BCUT2D eigenvalue weighted by Crippen LogP contribution is 2.36. The Morgan fingerprint density at radius 2 is 1.47 bits per heavy atom. The summed E-state index contributed by atoms with van der Waals surface area (Å²) in [7, 11) is -1.68. The first-order valence-corrected chi connectivity index (χ1v) is 7.51. The molecule has 0 saturated carbocycles. The predicted octanol–water partition coefficient (Wildman–Crippen LogP) is 2.94. The third-order valence-electron chi connectivity index (χ3n) is 2.66. The molecule has 0 aliphatic carbocycles. The van der Waals surface area contributed by atoms with Crippen LogP contribution in [0, 0.1) is 0 Å². The Balaban J connectivity index is 2.13. The van der Waals surface area contributed by atoms with Gasteiger partial charge in [-0.1, -0.05) is 18.2 Å². The molecule has 100 valence electrons. The number of nitrogens with two attached hydrogens (primary N) is 2. The van der Waals surface area contributed by atoms with E-state index in [4.69, 9.17) is 15.7 Å². The number of rotatable bonds is 4. The zero-order chi connectivity index (χ0) is 13.9.